The predicted molar refractivity (Wildman–Crippen MR) is 147 cm³/mol. The SMILES string of the molecule is CCCN(CCOS(C)(=O)=O)c1c(C)cc([N+](=O)[O-])cc1S(=O)(=O)N1CCN(Cc2cccc(Cl)c2)CC1. The summed E-state index contributed by atoms with van der Waals surface area (Å²) in [7, 11) is -7.80. The topological polar surface area (TPSA) is 130 Å². The van der Waals surface area contributed by atoms with Crippen LogP contribution in [0.3, 0.4) is 0 Å². The summed E-state index contributed by atoms with van der Waals surface area (Å²) in [5.41, 5.74) is 1.42. The first-order valence-electron chi connectivity index (χ1n) is 12.2. The molecular formula is C24H33ClN4O7S2. The molecule has 0 N–H and O–H groups in total. The summed E-state index contributed by atoms with van der Waals surface area (Å²) in [6.07, 6.45) is 1.58. The summed E-state index contributed by atoms with van der Waals surface area (Å²) >= 11 is 6.08. The van der Waals surface area contributed by atoms with Crippen LogP contribution >= 0.6 is 11.6 Å². The standard InChI is InChI=1S/C24H33ClN4O7S2/c1-4-8-27(13-14-36-37(3,32)33)24-19(2)15-22(29(30)31)17-23(24)38(34,35)28-11-9-26(10-12-28)18-20-6-5-7-21(25)16-20/h5-7,15-17H,4,8-14,18H2,1-3H3. The van der Waals surface area contributed by atoms with Gasteiger partial charge in [0.25, 0.3) is 15.8 Å². The van der Waals surface area contributed by atoms with Crippen LogP contribution in [-0.2, 0) is 30.9 Å². The van der Waals surface area contributed by atoms with Crippen LogP contribution in [0.1, 0.15) is 24.5 Å². The smallest absolute Gasteiger partial charge is 0.271 e. The second-order valence-corrected chi connectivity index (χ2v) is 13.2. The summed E-state index contributed by atoms with van der Waals surface area (Å²) in [5, 5.41) is 12.3. The Morgan fingerprint density at radius 3 is 2.34 bits per heavy atom. The molecule has 0 bridgehead atoms. The van der Waals surface area contributed by atoms with E-state index in [0.29, 0.717) is 48.9 Å². The van der Waals surface area contributed by atoms with E-state index < -0.39 is 25.1 Å². The third kappa shape index (κ3) is 7.87. The van der Waals surface area contributed by atoms with Crippen LogP contribution < -0.4 is 4.90 Å². The van der Waals surface area contributed by atoms with E-state index in [0.717, 1.165) is 17.9 Å². The third-order valence-electron chi connectivity index (χ3n) is 6.17. The van der Waals surface area contributed by atoms with Crippen molar-refractivity contribution in [2.24, 2.45) is 0 Å². The summed E-state index contributed by atoms with van der Waals surface area (Å²) in [6.45, 7) is 5.85. The molecule has 2 aromatic carbocycles. The maximum absolute atomic E-state index is 13.9. The normalized spacial score (nSPS) is 15.5. The molecule has 0 atom stereocenters. The molecule has 0 saturated carbocycles. The van der Waals surface area contributed by atoms with E-state index in [1.54, 1.807) is 17.9 Å². The molecule has 0 spiro atoms. The highest BCUT2D eigenvalue weighted by Gasteiger charge is 2.34. The molecule has 2 aromatic rings. The van der Waals surface area contributed by atoms with Crippen molar-refractivity contribution in [3.05, 3.63) is 62.7 Å². The molecule has 0 radical (unpaired) electrons. The molecule has 1 saturated heterocycles. The lowest BCUT2D eigenvalue weighted by Crippen LogP contribution is -2.48. The minimum absolute atomic E-state index is 0.0928. The van der Waals surface area contributed by atoms with Gasteiger partial charge in [0.05, 0.1) is 23.5 Å². The number of hydrogen-bond acceptors (Lipinski definition) is 9. The monoisotopic (exact) mass is 588 g/mol. The lowest BCUT2D eigenvalue weighted by molar-refractivity contribution is -0.385. The minimum atomic E-state index is -4.11. The largest absolute Gasteiger partial charge is 0.368 e. The van der Waals surface area contributed by atoms with Crippen molar-refractivity contribution < 1.29 is 25.9 Å². The van der Waals surface area contributed by atoms with Gasteiger partial charge >= 0.3 is 0 Å². The van der Waals surface area contributed by atoms with Crippen molar-refractivity contribution in [2.45, 2.75) is 31.7 Å². The fourth-order valence-corrected chi connectivity index (χ4v) is 6.82. The van der Waals surface area contributed by atoms with Crippen LogP contribution in [0.5, 0.6) is 0 Å². The number of aryl methyl sites for hydroxylation is 1. The number of piperazine rings is 1. The molecule has 38 heavy (non-hydrogen) atoms. The highest BCUT2D eigenvalue weighted by atomic mass is 35.5. The van der Waals surface area contributed by atoms with E-state index in [9.17, 15) is 26.9 Å². The van der Waals surface area contributed by atoms with Gasteiger partial charge in [0.1, 0.15) is 4.90 Å². The van der Waals surface area contributed by atoms with Crippen molar-refractivity contribution in [1.29, 1.82) is 0 Å². The number of rotatable bonds is 12. The Bertz CT molecular complexity index is 1360. The first kappa shape index (κ1) is 30.3. The molecule has 1 aliphatic heterocycles. The van der Waals surface area contributed by atoms with Gasteiger partial charge < -0.3 is 4.90 Å². The molecular weight excluding hydrogens is 556 g/mol. The lowest BCUT2D eigenvalue weighted by atomic mass is 10.1. The minimum Gasteiger partial charge on any atom is -0.368 e. The highest BCUT2D eigenvalue weighted by molar-refractivity contribution is 7.89. The summed E-state index contributed by atoms with van der Waals surface area (Å²) < 4.78 is 56.9. The van der Waals surface area contributed by atoms with Crippen LogP contribution in [-0.4, -0.2) is 83.1 Å². The van der Waals surface area contributed by atoms with Gasteiger partial charge in [-0.3, -0.25) is 19.2 Å². The molecule has 0 aromatic heterocycles. The zero-order chi connectivity index (χ0) is 28.1. The van der Waals surface area contributed by atoms with Crippen molar-refractivity contribution in [3.8, 4) is 0 Å². The number of hydrogen-bond donors (Lipinski definition) is 0. The first-order chi connectivity index (χ1) is 17.8. The van der Waals surface area contributed by atoms with E-state index in [2.05, 4.69) is 4.90 Å². The van der Waals surface area contributed by atoms with Crippen LogP contribution in [0.4, 0.5) is 11.4 Å². The Hall–Kier alpha value is -2.29. The van der Waals surface area contributed by atoms with Gasteiger partial charge in [0, 0.05) is 63.0 Å². The number of nitro benzene ring substituents is 1. The Morgan fingerprint density at radius 1 is 1.08 bits per heavy atom. The Morgan fingerprint density at radius 2 is 1.76 bits per heavy atom. The molecule has 210 valence electrons. The maximum atomic E-state index is 13.9. The van der Waals surface area contributed by atoms with E-state index in [1.165, 1.54) is 10.4 Å². The van der Waals surface area contributed by atoms with Gasteiger partial charge in [-0.15, -0.1) is 0 Å². The van der Waals surface area contributed by atoms with Gasteiger partial charge in [-0.1, -0.05) is 30.7 Å². The molecule has 1 aliphatic rings. The number of benzene rings is 2. The molecule has 14 heteroatoms. The van der Waals surface area contributed by atoms with E-state index >= 15 is 0 Å². The number of anilines is 1. The summed E-state index contributed by atoms with van der Waals surface area (Å²) in [4.78, 5) is 14.7. The Labute approximate surface area is 229 Å². The maximum Gasteiger partial charge on any atom is 0.271 e. The van der Waals surface area contributed by atoms with Crippen LogP contribution in [0.2, 0.25) is 5.02 Å². The second kappa shape index (κ2) is 12.7. The van der Waals surface area contributed by atoms with Crippen LogP contribution in [0, 0.1) is 17.0 Å². The van der Waals surface area contributed by atoms with Gasteiger partial charge in [-0.2, -0.15) is 12.7 Å². The molecule has 0 unspecified atom stereocenters. The van der Waals surface area contributed by atoms with Crippen molar-refractivity contribution in [3.63, 3.8) is 0 Å². The molecule has 1 fully saturated rings. The molecule has 0 aliphatic carbocycles. The average Bonchev–Trinajstić information content (AvgIpc) is 2.82. The second-order valence-electron chi connectivity index (χ2n) is 9.19. The van der Waals surface area contributed by atoms with Gasteiger partial charge in [0.2, 0.25) is 10.0 Å². The lowest BCUT2D eigenvalue weighted by Gasteiger charge is -2.35. The Kier molecular flexibility index (Phi) is 10.1. The van der Waals surface area contributed by atoms with Crippen molar-refractivity contribution in [1.82, 2.24) is 9.21 Å². The van der Waals surface area contributed by atoms with Crippen molar-refractivity contribution >= 4 is 43.1 Å². The molecule has 0 amide bonds. The molecule has 11 nitrogen and oxygen atoms in total. The number of sulfonamides is 1. The van der Waals surface area contributed by atoms with Gasteiger partial charge in [0.15, 0.2) is 0 Å². The number of nitrogens with zero attached hydrogens (tertiary/aromatic N) is 4. The van der Waals surface area contributed by atoms with Gasteiger partial charge in [-0.25, -0.2) is 8.42 Å². The third-order valence-corrected chi connectivity index (χ3v) is 8.92. The van der Waals surface area contributed by atoms with E-state index in [-0.39, 0.29) is 36.8 Å². The fraction of sp³-hybridized carbons (Fsp3) is 0.500. The fourth-order valence-electron chi connectivity index (χ4n) is 4.50. The Balaban J connectivity index is 1.90. The quantitative estimate of drug-likeness (QED) is 0.208. The first-order valence-corrected chi connectivity index (χ1v) is 15.8. The van der Waals surface area contributed by atoms with Gasteiger partial charge in [-0.05, 0) is 36.6 Å². The average molecular weight is 589 g/mol. The van der Waals surface area contributed by atoms with Crippen molar-refractivity contribution in [2.75, 3.05) is 57.0 Å². The zero-order valence-electron chi connectivity index (χ0n) is 21.7. The highest BCUT2D eigenvalue weighted by Crippen LogP contribution is 2.35. The number of nitro groups is 1. The van der Waals surface area contributed by atoms with Crippen LogP contribution in [0.15, 0.2) is 41.3 Å². The molecule has 1 heterocycles. The van der Waals surface area contributed by atoms with E-state index in [1.807, 2.05) is 25.1 Å². The number of halogens is 1. The zero-order valence-corrected chi connectivity index (χ0v) is 24.1. The number of non-ortho nitro benzene ring substituents is 1. The van der Waals surface area contributed by atoms with E-state index in [4.69, 9.17) is 15.8 Å². The molecule has 3 rings (SSSR count). The summed E-state index contributed by atoms with van der Waals surface area (Å²) in [5.74, 6) is 0. The predicted octanol–water partition coefficient (Wildman–Crippen LogP) is 3.26. The summed E-state index contributed by atoms with van der Waals surface area (Å²) in [6, 6.07) is 9.92. The van der Waals surface area contributed by atoms with Crippen LogP contribution in [0.25, 0.3) is 0 Å².